The molecule has 1 amide bonds. The third kappa shape index (κ3) is 2.13. The molecule has 1 aliphatic rings. The third-order valence-corrected chi connectivity index (χ3v) is 2.67. The molecule has 0 bridgehead atoms. The fourth-order valence-electron chi connectivity index (χ4n) is 1.83. The molecule has 2 rings (SSSR count). The molecule has 1 heterocycles. The average molecular weight is 237 g/mol. The van der Waals surface area contributed by atoms with Crippen LogP contribution in [-0.4, -0.2) is 18.5 Å². The highest BCUT2D eigenvalue weighted by molar-refractivity contribution is 6.07. The highest BCUT2D eigenvalue weighted by Gasteiger charge is 2.34. The van der Waals surface area contributed by atoms with Crippen LogP contribution in [0.15, 0.2) is 18.2 Å². The van der Waals surface area contributed by atoms with Crippen molar-refractivity contribution < 1.29 is 18.7 Å². The fourth-order valence-corrected chi connectivity index (χ4v) is 1.83. The minimum atomic E-state index is -0.959. The molecular weight excluding hydrogens is 225 g/mol. The van der Waals surface area contributed by atoms with Crippen LogP contribution in [0.2, 0.25) is 0 Å². The van der Waals surface area contributed by atoms with Gasteiger partial charge in [-0.3, -0.25) is 9.59 Å². The largest absolute Gasteiger partial charge is 0.465 e. The second-order valence-electron chi connectivity index (χ2n) is 3.76. The van der Waals surface area contributed by atoms with Gasteiger partial charge in [0, 0.05) is 11.3 Å². The van der Waals surface area contributed by atoms with Gasteiger partial charge in [0.2, 0.25) is 5.91 Å². The van der Waals surface area contributed by atoms with Crippen LogP contribution in [0.3, 0.4) is 0 Å². The van der Waals surface area contributed by atoms with Gasteiger partial charge in [-0.1, -0.05) is 6.07 Å². The van der Waals surface area contributed by atoms with Gasteiger partial charge < -0.3 is 10.1 Å². The number of anilines is 1. The normalized spacial score (nSPS) is 18.2. The predicted molar refractivity (Wildman–Crippen MR) is 58.9 cm³/mol. The Bertz CT molecular complexity index is 473. The smallest absolute Gasteiger partial charge is 0.318 e. The number of amides is 1. The van der Waals surface area contributed by atoms with Crippen molar-refractivity contribution in [1.82, 2.24) is 0 Å². The van der Waals surface area contributed by atoms with Crippen LogP contribution in [0.5, 0.6) is 0 Å². The summed E-state index contributed by atoms with van der Waals surface area (Å²) in [5.74, 6) is -2.43. The number of benzene rings is 1. The molecule has 0 aromatic heterocycles. The summed E-state index contributed by atoms with van der Waals surface area (Å²) in [7, 11) is 0. The van der Waals surface area contributed by atoms with Gasteiger partial charge in [-0.05, 0) is 25.5 Å². The Morgan fingerprint density at radius 3 is 3.06 bits per heavy atom. The fraction of sp³-hybridized carbons (Fsp3) is 0.333. The first kappa shape index (κ1) is 11.6. The second-order valence-corrected chi connectivity index (χ2v) is 3.76. The van der Waals surface area contributed by atoms with Gasteiger partial charge in [0.1, 0.15) is 11.7 Å². The lowest BCUT2D eigenvalue weighted by molar-refractivity contribution is -0.151. The minimum absolute atomic E-state index is 0.0483. The van der Waals surface area contributed by atoms with E-state index in [4.69, 9.17) is 4.74 Å². The van der Waals surface area contributed by atoms with E-state index in [0.29, 0.717) is 11.3 Å². The van der Waals surface area contributed by atoms with Gasteiger partial charge in [-0.2, -0.15) is 0 Å². The highest BCUT2D eigenvalue weighted by atomic mass is 19.1. The molecule has 90 valence electrons. The van der Waals surface area contributed by atoms with Crippen molar-refractivity contribution in [3.8, 4) is 0 Å². The summed E-state index contributed by atoms with van der Waals surface area (Å²) < 4.78 is 18.3. The molecule has 5 heteroatoms. The van der Waals surface area contributed by atoms with Crippen LogP contribution in [-0.2, 0) is 20.7 Å². The molecule has 0 aliphatic carbocycles. The maximum Gasteiger partial charge on any atom is 0.318 e. The molecule has 1 aromatic rings. The summed E-state index contributed by atoms with van der Waals surface area (Å²) >= 11 is 0. The number of rotatable bonds is 2. The van der Waals surface area contributed by atoms with E-state index in [9.17, 15) is 14.0 Å². The topological polar surface area (TPSA) is 55.4 Å². The number of ether oxygens (including phenoxy) is 1. The van der Waals surface area contributed by atoms with Gasteiger partial charge in [-0.15, -0.1) is 0 Å². The zero-order chi connectivity index (χ0) is 12.4. The Morgan fingerprint density at radius 2 is 2.35 bits per heavy atom. The standard InChI is InChI=1S/C12H12FNO3/c1-2-17-12(16)8-6-7-9(13)4-3-5-10(7)14-11(8)15/h3-5,8H,2,6H2,1H3,(H,14,15)/t8-/m0/s1. The average Bonchev–Trinajstić information content (AvgIpc) is 2.29. The van der Waals surface area contributed by atoms with E-state index in [0.717, 1.165) is 0 Å². The van der Waals surface area contributed by atoms with E-state index in [-0.39, 0.29) is 13.0 Å². The van der Waals surface area contributed by atoms with E-state index >= 15 is 0 Å². The zero-order valence-corrected chi connectivity index (χ0v) is 9.33. The molecule has 1 aromatic carbocycles. The molecule has 0 fully saturated rings. The molecular formula is C12H12FNO3. The lowest BCUT2D eigenvalue weighted by Crippen LogP contribution is -2.37. The van der Waals surface area contributed by atoms with Crippen LogP contribution in [0.25, 0.3) is 0 Å². The summed E-state index contributed by atoms with van der Waals surface area (Å²) in [5.41, 5.74) is 0.778. The first-order valence-electron chi connectivity index (χ1n) is 5.38. The van der Waals surface area contributed by atoms with E-state index in [1.807, 2.05) is 0 Å². The number of nitrogens with one attached hydrogen (secondary N) is 1. The maximum absolute atomic E-state index is 13.5. The number of halogens is 1. The van der Waals surface area contributed by atoms with Crippen LogP contribution in [0, 0.1) is 11.7 Å². The van der Waals surface area contributed by atoms with Crippen molar-refractivity contribution in [1.29, 1.82) is 0 Å². The molecule has 0 saturated heterocycles. The van der Waals surface area contributed by atoms with E-state index in [1.54, 1.807) is 13.0 Å². The molecule has 1 aliphatic heterocycles. The molecule has 0 spiro atoms. The maximum atomic E-state index is 13.5. The Balaban J connectivity index is 2.29. The van der Waals surface area contributed by atoms with Crippen molar-refractivity contribution in [2.75, 3.05) is 11.9 Å². The number of carbonyl (C=O) groups excluding carboxylic acids is 2. The zero-order valence-electron chi connectivity index (χ0n) is 9.33. The van der Waals surface area contributed by atoms with E-state index in [2.05, 4.69) is 5.32 Å². The Hall–Kier alpha value is -1.91. The molecule has 17 heavy (non-hydrogen) atoms. The van der Waals surface area contributed by atoms with Crippen LogP contribution in [0.1, 0.15) is 12.5 Å². The van der Waals surface area contributed by atoms with E-state index < -0.39 is 23.6 Å². The monoisotopic (exact) mass is 237 g/mol. The van der Waals surface area contributed by atoms with Gasteiger partial charge in [-0.25, -0.2) is 4.39 Å². The quantitative estimate of drug-likeness (QED) is 0.626. The first-order chi connectivity index (χ1) is 8.13. The van der Waals surface area contributed by atoms with Crippen LogP contribution < -0.4 is 5.32 Å². The third-order valence-electron chi connectivity index (χ3n) is 2.67. The summed E-state index contributed by atoms with van der Waals surface area (Å²) in [6.45, 7) is 1.86. The van der Waals surface area contributed by atoms with Gasteiger partial charge >= 0.3 is 5.97 Å². The van der Waals surface area contributed by atoms with Gasteiger partial charge in [0.05, 0.1) is 6.61 Å². The van der Waals surface area contributed by atoms with Crippen LogP contribution >= 0.6 is 0 Å². The summed E-state index contributed by atoms with van der Waals surface area (Å²) in [5, 5.41) is 2.51. The van der Waals surface area contributed by atoms with Crippen molar-refractivity contribution in [3.05, 3.63) is 29.6 Å². The lowest BCUT2D eigenvalue weighted by atomic mass is 9.93. The summed E-state index contributed by atoms with van der Waals surface area (Å²) in [6.07, 6.45) is 0.0483. The minimum Gasteiger partial charge on any atom is -0.465 e. The van der Waals surface area contributed by atoms with Crippen LogP contribution in [0.4, 0.5) is 10.1 Å². The number of hydrogen-bond donors (Lipinski definition) is 1. The van der Waals surface area contributed by atoms with Gasteiger partial charge in [0.15, 0.2) is 0 Å². The first-order valence-corrected chi connectivity index (χ1v) is 5.38. The van der Waals surface area contributed by atoms with Crippen molar-refractivity contribution in [3.63, 3.8) is 0 Å². The van der Waals surface area contributed by atoms with Crippen molar-refractivity contribution >= 4 is 17.6 Å². The SMILES string of the molecule is CCOC(=O)[C@H]1Cc2c(F)cccc2NC1=O. The molecule has 1 N–H and O–H groups in total. The molecule has 0 radical (unpaired) electrons. The molecule has 0 saturated carbocycles. The highest BCUT2D eigenvalue weighted by Crippen LogP contribution is 2.28. The molecule has 4 nitrogen and oxygen atoms in total. The second kappa shape index (κ2) is 4.53. The number of hydrogen-bond acceptors (Lipinski definition) is 3. The molecule has 0 unspecified atom stereocenters. The number of carbonyl (C=O) groups is 2. The summed E-state index contributed by atoms with van der Waals surface area (Å²) in [6, 6.07) is 4.43. The Morgan fingerprint density at radius 1 is 1.59 bits per heavy atom. The Kier molecular flexibility index (Phi) is 3.08. The van der Waals surface area contributed by atoms with Crippen molar-refractivity contribution in [2.45, 2.75) is 13.3 Å². The molecule has 1 atom stereocenters. The van der Waals surface area contributed by atoms with E-state index in [1.165, 1.54) is 12.1 Å². The van der Waals surface area contributed by atoms with Gasteiger partial charge in [0.25, 0.3) is 0 Å². The predicted octanol–water partition coefficient (Wildman–Crippen LogP) is 1.50. The number of esters is 1. The Labute approximate surface area is 97.8 Å². The lowest BCUT2D eigenvalue weighted by Gasteiger charge is -2.23. The summed E-state index contributed by atoms with van der Waals surface area (Å²) in [4.78, 5) is 23.2. The number of fused-ring (bicyclic) bond motifs is 1. The van der Waals surface area contributed by atoms with Crippen molar-refractivity contribution in [2.24, 2.45) is 5.92 Å².